The number of hydrogen-bond donors (Lipinski definition) is 1. The molecule has 1 aliphatic carbocycles. The molecule has 1 aliphatic rings. The van der Waals surface area contributed by atoms with Crippen LogP contribution in [0.25, 0.3) is 5.65 Å². The van der Waals surface area contributed by atoms with Crippen molar-refractivity contribution in [2.75, 3.05) is 6.54 Å². The molecular formula is C17H23N3O. The first kappa shape index (κ1) is 14.1. The number of amides is 1. The van der Waals surface area contributed by atoms with Crippen LogP contribution in [0.15, 0.2) is 24.4 Å². The van der Waals surface area contributed by atoms with Crippen LogP contribution < -0.4 is 5.32 Å². The van der Waals surface area contributed by atoms with E-state index >= 15 is 0 Å². The zero-order valence-electron chi connectivity index (χ0n) is 12.6. The number of imidazole rings is 1. The second-order valence-electron chi connectivity index (χ2n) is 5.87. The average Bonchev–Trinajstić information content (AvgIpc) is 2.89. The zero-order chi connectivity index (χ0) is 14.7. The fraction of sp³-hybridized carbons (Fsp3) is 0.529. The van der Waals surface area contributed by atoms with Gasteiger partial charge < -0.3 is 9.72 Å². The molecule has 0 saturated heterocycles. The van der Waals surface area contributed by atoms with E-state index in [0.717, 1.165) is 43.6 Å². The molecule has 21 heavy (non-hydrogen) atoms. The monoisotopic (exact) mass is 285 g/mol. The van der Waals surface area contributed by atoms with Crippen molar-refractivity contribution in [3.05, 3.63) is 35.8 Å². The minimum Gasteiger partial charge on any atom is -0.356 e. The molecule has 1 atom stereocenters. The lowest BCUT2D eigenvalue weighted by molar-refractivity contribution is -0.125. The fourth-order valence-corrected chi connectivity index (χ4v) is 3.11. The molecule has 0 saturated carbocycles. The van der Waals surface area contributed by atoms with Gasteiger partial charge in [0.25, 0.3) is 0 Å². The van der Waals surface area contributed by atoms with Gasteiger partial charge in [0.05, 0.1) is 5.69 Å². The molecule has 3 rings (SSSR count). The maximum absolute atomic E-state index is 12.3. The number of hydrogen-bond acceptors (Lipinski definition) is 2. The largest absolute Gasteiger partial charge is 0.356 e. The summed E-state index contributed by atoms with van der Waals surface area (Å²) < 4.78 is 2.13. The van der Waals surface area contributed by atoms with Crippen molar-refractivity contribution in [2.45, 2.75) is 45.4 Å². The highest BCUT2D eigenvalue weighted by Crippen LogP contribution is 2.26. The van der Waals surface area contributed by atoms with E-state index in [1.54, 1.807) is 0 Å². The number of nitrogens with one attached hydrogen (secondary N) is 1. The molecule has 0 aromatic carbocycles. The number of aromatic nitrogens is 2. The van der Waals surface area contributed by atoms with Gasteiger partial charge in [-0.1, -0.05) is 25.8 Å². The van der Waals surface area contributed by atoms with Crippen LogP contribution in [0, 0.1) is 5.92 Å². The minimum absolute atomic E-state index is 0.0965. The molecule has 4 nitrogen and oxygen atoms in total. The Labute approximate surface area is 125 Å². The van der Waals surface area contributed by atoms with Crippen LogP contribution in [-0.2, 0) is 17.6 Å². The number of carbonyl (C=O) groups is 1. The van der Waals surface area contributed by atoms with Crippen LogP contribution in [0.1, 0.15) is 44.0 Å². The summed E-state index contributed by atoms with van der Waals surface area (Å²) in [5.41, 5.74) is 3.37. The SMILES string of the molecule is CCCCCNC(=O)C1CCc2nc3ccccn3c2C1. The van der Waals surface area contributed by atoms with Gasteiger partial charge in [-0.2, -0.15) is 0 Å². The average molecular weight is 285 g/mol. The molecule has 2 heterocycles. The van der Waals surface area contributed by atoms with Crippen molar-refractivity contribution < 1.29 is 4.79 Å². The van der Waals surface area contributed by atoms with E-state index in [1.165, 1.54) is 18.5 Å². The van der Waals surface area contributed by atoms with Crippen LogP contribution in [-0.4, -0.2) is 21.8 Å². The maximum Gasteiger partial charge on any atom is 0.223 e. The molecule has 0 spiro atoms. The summed E-state index contributed by atoms with van der Waals surface area (Å²) >= 11 is 0. The normalized spacial score (nSPS) is 17.7. The Morgan fingerprint density at radius 1 is 1.43 bits per heavy atom. The topological polar surface area (TPSA) is 46.4 Å². The van der Waals surface area contributed by atoms with Gasteiger partial charge in [0, 0.05) is 30.8 Å². The molecule has 0 radical (unpaired) electrons. The van der Waals surface area contributed by atoms with Crippen LogP contribution in [0.4, 0.5) is 0 Å². The van der Waals surface area contributed by atoms with Crippen molar-refractivity contribution in [3.63, 3.8) is 0 Å². The van der Waals surface area contributed by atoms with Crippen LogP contribution in [0.3, 0.4) is 0 Å². The van der Waals surface area contributed by atoms with Gasteiger partial charge in [-0.15, -0.1) is 0 Å². The van der Waals surface area contributed by atoms with Crippen molar-refractivity contribution >= 4 is 11.6 Å². The number of aryl methyl sites for hydroxylation is 1. The molecule has 1 unspecified atom stereocenters. The Hall–Kier alpha value is -1.84. The first-order valence-electron chi connectivity index (χ1n) is 8.02. The fourth-order valence-electron chi connectivity index (χ4n) is 3.11. The summed E-state index contributed by atoms with van der Waals surface area (Å²) in [5.74, 6) is 0.307. The molecule has 1 amide bonds. The van der Waals surface area contributed by atoms with Crippen LogP contribution >= 0.6 is 0 Å². The van der Waals surface area contributed by atoms with Gasteiger partial charge in [0.15, 0.2) is 0 Å². The zero-order valence-corrected chi connectivity index (χ0v) is 12.6. The van der Waals surface area contributed by atoms with E-state index in [2.05, 4.69) is 21.6 Å². The van der Waals surface area contributed by atoms with Gasteiger partial charge in [0.2, 0.25) is 5.91 Å². The van der Waals surface area contributed by atoms with E-state index in [0.29, 0.717) is 0 Å². The summed E-state index contributed by atoms with van der Waals surface area (Å²) in [4.78, 5) is 17.0. The third-order valence-corrected chi connectivity index (χ3v) is 4.33. The Kier molecular flexibility index (Phi) is 4.23. The molecular weight excluding hydrogens is 262 g/mol. The van der Waals surface area contributed by atoms with E-state index in [1.807, 2.05) is 24.4 Å². The number of nitrogens with zero attached hydrogens (tertiary/aromatic N) is 2. The summed E-state index contributed by atoms with van der Waals surface area (Å²) in [6, 6.07) is 6.05. The third kappa shape index (κ3) is 2.94. The highest BCUT2D eigenvalue weighted by molar-refractivity contribution is 5.79. The van der Waals surface area contributed by atoms with Crippen molar-refractivity contribution in [3.8, 4) is 0 Å². The molecule has 1 N–H and O–H groups in total. The molecule has 2 aromatic rings. The number of unbranched alkanes of at least 4 members (excludes halogenated alkanes) is 2. The van der Waals surface area contributed by atoms with Gasteiger partial charge in [-0.05, 0) is 31.4 Å². The van der Waals surface area contributed by atoms with E-state index in [9.17, 15) is 4.79 Å². The van der Waals surface area contributed by atoms with Crippen LogP contribution in [0.2, 0.25) is 0 Å². The summed E-state index contributed by atoms with van der Waals surface area (Å²) in [6.45, 7) is 2.98. The van der Waals surface area contributed by atoms with E-state index < -0.39 is 0 Å². The smallest absolute Gasteiger partial charge is 0.223 e. The lowest BCUT2D eigenvalue weighted by Gasteiger charge is -2.21. The molecule has 2 aromatic heterocycles. The highest BCUT2D eigenvalue weighted by atomic mass is 16.1. The van der Waals surface area contributed by atoms with Gasteiger partial charge in [0.1, 0.15) is 5.65 Å². The quantitative estimate of drug-likeness (QED) is 0.859. The lowest BCUT2D eigenvalue weighted by atomic mass is 9.89. The Morgan fingerprint density at radius 3 is 3.19 bits per heavy atom. The van der Waals surface area contributed by atoms with Crippen LogP contribution in [0.5, 0.6) is 0 Å². The lowest BCUT2D eigenvalue weighted by Crippen LogP contribution is -2.34. The first-order chi connectivity index (χ1) is 10.3. The van der Waals surface area contributed by atoms with Crippen molar-refractivity contribution in [1.82, 2.24) is 14.7 Å². The number of pyridine rings is 1. The van der Waals surface area contributed by atoms with Gasteiger partial charge in [-0.3, -0.25) is 4.79 Å². The Bertz CT molecular complexity index is 632. The van der Waals surface area contributed by atoms with E-state index in [-0.39, 0.29) is 11.8 Å². The summed E-state index contributed by atoms with van der Waals surface area (Å²) in [7, 11) is 0. The number of fused-ring (bicyclic) bond motifs is 3. The molecule has 4 heteroatoms. The summed E-state index contributed by atoms with van der Waals surface area (Å²) in [5, 5.41) is 3.09. The second kappa shape index (κ2) is 6.29. The van der Waals surface area contributed by atoms with Gasteiger partial charge in [-0.25, -0.2) is 4.98 Å². The van der Waals surface area contributed by atoms with E-state index in [4.69, 9.17) is 0 Å². The second-order valence-corrected chi connectivity index (χ2v) is 5.87. The molecule has 0 aliphatic heterocycles. The maximum atomic E-state index is 12.3. The predicted octanol–water partition coefficient (Wildman–Crippen LogP) is 2.75. The highest BCUT2D eigenvalue weighted by Gasteiger charge is 2.27. The predicted molar refractivity (Wildman–Crippen MR) is 83.2 cm³/mol. The van der Waals surface area contributed by atoms with Gasteiger partial charge >= 0.3 is 0 Å². The molecule has 0 fully saturated rings. The Morgan fingerprint density at radius 2 is 2.33 bits per heavy atom. The number of carbonyl (C=O) groups excluding carboxylic acids is 1. The Balaban J connectivity index is 1.67. The standard InChI is InChI=1S/C17H23N3O/c1-2-3-5-10-18-17(21)13-8-9-14-15(12-13)20-11-6-4-7-16(20)19-14/h4,6-7,11,13H,2-3,5,8-10,12H2,1H3,(H,18,21). The molecule has 0 bridgehead atoms. The third-order valence-electron chi connectivity index (χ3n) is 4.33. The minimum atomic E-state index is 0.0965. The van der Waals surface area contributed by atoms with Crippen molar-refractivity contribution in [2.24, 2.45) is 5.92 Å². The van der Waals surface area contributed by atoms with Crippen molar-refractivity contribution in [1.29, 1.82) is 0 Å². The number of rotatable bonds is 5. The molecule has 112 valence electrons. The summed E-state index contributed by atoms with van der Waals surface area (Å²) in [6.07, 6.45) is 8.12. The first-order valence-corrected chi connectivity index (χ1v) is 8.02.